The highest BCUT2D eigenvalue weighted by Crippen LogP contribution is 2.24. The summed E-state index contributed by atoms with van der Waals surface area (Å²) in [6.07, 6.45) is 0. The number of nitrogens with zero attached hydrogens (tertiary/aromatic N) is 1. The minimum Gasteiger partial charge on any atom is -0.481 e. The molecular formula is C13H16ClIN2O3. The summed E-state index contributed by atoms with van der Waals surface area (Å²) < 4.78 is 0.970. The van der Waals surface area contributed by atoms with Crippen LogP contribution in [0.1, 0.15) is 13.8 Å². The smallest absolute Gasteiger partial charge is 0.321 e. The number of anilines is 1. The number of carboxylic acid groups (broad SMARTS) is 1. The van der Waals surface area contributed by atoms with Crippen LogP contribution in [-0.4, -0.2) is 35.1 Å². The summed E-state index contributed by atoms with van der Waals surface area (Å²) in [6.45, 7) is 3.94. The molecule has 0 saturated carbocycles. The molecule has 0 heterocycles. The lowest BCUT2D eigenvalue weighted by Gasteiger charge is -2.23. The Labute approximate surface area is 136 Å². The average Bonchev–Trinajstić information content (AvgIpc) is 2.38. The van der Waals surface area contributed by atoms with Crippen LogP contribution in [0.2, 0.25) is 5.02 Å². The molecule has 0 bridgehead atoms. The van der Waals surface area contributed by atoms with Gasteiger partial charge in [0.15, 0.2) is 0 Å². The van der Waals surface area contributed by atoms with Crippen molar-refractivity contribution in [3.8, 4) is 0 Å². The molecule has 1 aromatic rings. The predicted octanol–water partition coefficient (Wildman–Crippen LogP) is 3.52. The Balaban J connectivity index is 2.74. The van der Waals surface area contributed by atoms with E-state index >= 15 is 0 Å². The minimum atomic E-state index is -0.927. The van der Waals surface area contributed by atoms with E-state index in [1.807, 2.05) is 6.07 Å². The molecule has 0 aliphatic rings. The van der Waals surface area contributed by atoms with E-state index in [1.165, 1.54) is 4.90 Å². The molecule has 2 amide bonds. The SMILES string of the molecule is CCN(CC(C)C(=O)O)C(=O)Nc1ccc(I)cc1Cl. The van der Waals surface area contributed by atoms with Crippen molar-refractivity contribution in [1.82, 2.24) is 4.90 Å². The fraction of sp³-hybridized carbons (Fsp3) is 0.385. The van der Waals surface area contributed by atoms with Gasteiger partial charge in [0.25, 0.3) is 0 Å². The Bertz CT molecular complexity index is 510. The standard InChI is InChI=1S/C13H16ClIN2O3/c1-3-17(7-8(2)12(18)19)13(20)16-11-5-4-9(15)6-10(11)14/h4-6,8H,3,7H2,1-2H3,(H,16,20)(H,18,19). The predicted molar refractivity (Wildman–Crippen MR) is 87.2 cm³/mol. The number of rotatable bonds is 5. The summed E-state index contributed by atoms with van der Waals surface area (Å²) in [4.78, 5) is 24.4. The number of halogens is 2. The van der Waals surface area contributed by atoms with Crippen LogP contribution in [0.25, 0.3) is 0 Å². The summed E-state index contributed by atoms with van der Waals surface area (Å²) >= 11 is 8.17. The zero-order valence-corrected chi connectivity index (χ0v) is 14.1. The number of benzene rings is 1. The summed E-state index contributed by atoms with van der Waals surface area (Å²) in [5.41, 5.74) is 0.513. The van der Waals surface area contributed by atoms with Crippen molar-refractivity contribution in [3.05, 3.63) is 26.8 Å². The molecule has 0 aromatic heterocycles. The molecule has 7 heteroatoms. The van der Waals surface area contributed by atoms with Gasteiger partial charge in [-0.3, -0.25) is 4.79 Å². The molecular weight excluding hydrogens is 395 g/mol. The van der Waals surface area contributed by atoms with Crippen LogP contribution in [0, 0.1) is 9.49 Å². The number of amides is 2. The maximum Gasteiger partial charge on any atom is 0.321 e. The zero-order valence-electron chi connectivity index (χ0n) is 11.2. The first-order valence-electron chi connectivity index (χ1n) is 6.09. The third-order valence-corrected chi connectivity index (χ3v) is 3.74. The normalized spacial score (nSPS) is 11.8. The highest BCUT2D eigenvalue weighted by atomic mass is 127. The molecule has 2 N–H and O–H groups in total. The van der Waals surface area contributed by atoms with Gasteiger partial charge in [-0.05, 0) is 47.7 Å². The first-order chi connectivity index (χ1) is 9.35. The second kappa shape index (κ2) is 7.68. The fourth-order valence-electron chi connectivity index (χ4n) is 1.55. The van der Waals surface area contributed by atoms with Crippen molar-refractivity contribution in [2.75, 3.05) is 18.4 Å². The highest BCUT2D eigenvalue weighted by molar-refractivity contribution is 14.1. The lowest BCUT2D eigenvalue weighted by molar-refractivity contribution is -0.141. The quantitative estimate of drug-likeness (QED) is 0.730. The monoisotopic (exact) mass is 410 g/mol. The van der Waals surface area contributed by atoms with E-state index in [4.69, 9.17) is 16.7 Å². The van der Waals surface area contributed by atoms with Gasteiger partial charge < -0.3 is 15.3 Å². The number of carboxylic acids is 1. The third kappa shape index (κ3) is 4.82. The van der Waals surface area contributed by atoms with Gasteiger partial charge in [0, 0.05) is 16.7 Å². The molecule has 20 heavy (non-hydrogen) atoms. The van der Waals surface area contributed by atoms with Crippen molar-refractivity contribution < 1.29 is 14.7 Å². The van der Waals surface area contributed by atoms with E-state index in [-0.39, 0.29) is 12.6 Å². The number of carbonyl (C=O) groups is 2. The zero-order chi connectivity index (χ0) is 15.3. The van der Waals surface area contributed by atoms with E-state index < -0.39 is 11.9 Å². The molecule has 0 spiro atoms. The molecule has 1 aromatic carbocycles. The third-order valence-electron chi connectivity index (χ3n) is 2.76. The van der Waals surface area contributed by atoms with Crippen LogP contribution < -0.4 is 5.32 Å². The first kappa shape index (κ1) is 17.0. The van der Waals surface area contributed by atoms with Crippen LogP contribution >= 0.6 is 34.2 Å². The Kier molecular flexibility index (Phi) is 6.54. The van der Waals surface area contributed by atoms with E-state index in [2.05, 4.69) is 27.9 Å². The second-order valence-corrected chi connectivity index (χ2v) is 5.99. The van der Waals surface area contributed by atoms with Crippen LogP contribution in [-0.2, 0) is 4.79 Å². The summed E-state index contributed by atoms with van der Waals surface area (Å²) in [5, 5.41) is 12.0. The highest BCUT2D eigenvalue weighted by Gasteiger charge is 2.19. The Morgan fingerprint density at radius 2 is 2.15 bits per heavy atom. The number of aliphatic carboxylic acids is 1. The van der Waals surface area contributed by atoms with Crippen LogP contribution in [0.15, 0.2) is 18.2 Å². The van der Waals surface area contributed by atoms with Crippen molar-refractivity contribution >= 4 is 51.9 Å². The molecule has 1 unspecified atom stereocenters. The van der Waals surface area contributed by atoms with Gasteiger partial charge in [-0.25, -0.2) is 4.79 Å². The number of carbonyl (C=O) groups excluding carboxylic acids is 1. The van der Waals surface area contributed by atoms with Gasteiger partial charge in [-0.15, -0.1) is 0 Å². The van der Waals surface area contributed by atoms with Gasteiger partial charge in [-0.2, -0.15) is 0 Å². The molecule has 0 aliphatic carbocycles. The molecule has 5 nitrogen and oxygen atoms in total. The van der Waals surface area contributed by atoms with E-state index in [1.54, 1.807) is 26.0 Å². The summed E-state index contributed by atoms with van der Waals surface area (Å²) in [7, 11) is 0. The van der Waals surface area contributed by atoms with Crippen molar-refractivity contribution in [2.45, 2.75) is 13.8 Å². The topological polar surface area (TPSA) is 69.6 Å². The number of hydrogen-bond donors (Lipinski definition) is 2. The van der Waals surface area contributed by atoms with Crippen molar-refractivity contribution in [3.63, 3.8) is 0 Å². The lowest BCUT2D eigenvalue weighted by Crippen LogP contribution is -2.39. The molecule has 0 saturated heterocycles. The van der Waals surface area contributed by atoms with E-state index in [9.17, 15) is 9.59 Å². The van der Waals surface area contributed by atoms with E-state index in [0.717, 1.165) is 3.57 Å². The van der Waals surface area contributed by atoms with Crippen LogP contribution in [0.4, 0.5) is 10.5 Å². The van der Waals surface area contributed by atoms with Gasteiger partial charge in [-0.1, -0.05) is 18.5 Å². The Morgan fingerprint density at radius 1 is 1.50 bits per heavy atom. The van der Waals surface area contributed by atoms with Gasteiger partial charge in [0.2, 0.25) is 0 Å². The summed E-state index contributed by atoms with van der Waals surface area (Å²) in [5.74, 6) is -1.54. The maximum absolute atomic E-state index is 12.1. The maximum atomic E-state index is 12.1. The second-order valence-electron chi connectivity index (χ2n) is 4.33. The molecule has 0 fully saturated rings. The number of hydrogen-bond acceptors (Lipinski definition) is 2. The first-order valence-corrected chi connectivity index (χ1v) is 7.54. The van der Waals surface area contributed by atoms with Gasteiger partial charge in [0.05, 0.1) is 16.6 Å². The summed E-state index contributed by atoms with van der Waals surface area (Å²) in [6, 6.07) is 4.94. The molecule has 1 rings (SSSR count). The van der Waals surface area contributed by atoms with Crippen molar-refractivity contribution in [2.24, 2.45) is 5.92 Å². The molecule has 0 aliphatic heterocycles. The van der Waals surface area contributed by atoms with Crippen LogP contribution in [0.5, 0.6) is 0 Å². The fourth-order valence-corrected chi connectivity index (χ4v) is 2.45. The Hall–Kier alpha value is -1.02. The van der Waals surface area contributed by atoms with Crippen LogP contribution in [0.3, 0.4) is 0 Å². The number of urea groups is 1. The lowest BCUT2D eigenvalue weighted by atomic mass is 10.2. The average molecular weight is 411 g/mol. The molecule has 1 atom stereocenters. The molecule has 110 valence electrons. The largest absolute Gasteiger partial charge is 0.481 e. The van der Waals surface area contributed by atoms with Gasteiger partial charge in [0.1, 0.15) is 0 Å². The minimum absolute atomic E-state index is 0.152. The van der Waals surface area contributed by atoms with E-state index in [0.29, 0.717) is 17.3 Å². The Morgan fingerprint density at radius 3 is 2.65 bits per heavy atom. The van der Waals surface area contributed by atoms with Gasteiger partial charge >= 0.3 is 12.0 Å². The van der Waals surface area contributed by atoms with Crippen molar-refractivity contribution in [1.29, 1.82) is 0 Å². The number of nitrogens with one attached hydrogen (secondary N) is 1. The molecule has 0 radical (unpaired) electrons.